The predicted octanol–water partition coefficient (Wildman–Crippen LogP) is 4.24. The van der Waals surface area contributed by atoms with Gasteiger partial charge in [0.2, 0.25) is 0 Å². The summed E-state index contributed by atoms with van der Waals surface area (Å²) in [7, 11) is 0. The average Bonchev–Trinajstić information content (AvgIpc) is 2.34. The molecule has 0 fully saturated rings. The van der Waals surface area contributed by atoms with E-state index in [1.807, 2.05) is 0 Å². The second-order valence-corrected chi connectivity index (χ2v) is 5.03. The maximum Gasteiger partial charge on any atom is 0.156 e. The molecular weight excluding hydrogens is 360 g/mol. The number of aromatic nitrogens is 2. The molecule has 0 saturated carbocycles. The van der Waals surface area contributed by atoms with Gasteiger partial charge in [-0.1, -0.05) is 23.2 Å². The molecule has 0 aliphatic rings. The molecule has 0 atom stereocenters. The van der Waals surface area contributed by atoms with Gasteiger partial charge in [-0.05, 0) is 28.1 Å². The molecule has 98 valence electrons. The molecular formula is C11H5BrCl2FN3O. The summed E-state index contributed by atoms with van der Waals surface area (Å²) in [5.41, 5.74) is 0.470. The van der Waals surface area contributed by atoms with Gasteiger partial charge in [-0.2, -0.15) is 0 Å². The van der Waals surface area contributed by atoms with Gasteiger partial charge in [-0.15, -0.1) is 0 Å². The fourth-order valence-corrected chi connectivity index (χ4v) is 2.43. The van der Waals surface area contributed by atoms with Crippen molar-refractivity contribution in [2.24, 2.45) is 0 Å². The van der Waals surface area contributed by atoms with Crippen molar-refractivity contribution in [1.82, 2.24) is 9.97 Å². The molecule has 0 bridgehead atoms. The lowest BCUT2D eigenvalue weighted by Crippen LogP contribution is -2.02. The van der Waals surface area contributed by atoms with Crippen LogP contribution in [0.3, 0.4) is 0 Å². The Morgan fingerprint density at radius 3 is 2.68 bits per heavy atom. The van der Waals surface area contributed by atoms with E-state index in [1.54, 1.807) is 0 Å². The molecule has 0 amide bonds. The largest absolute Gasteiger partial charge is 0.337 e. The lowest BCUT2D eigenvalue weighted by Gasteiger charge is -2.11. The highest BCUT2D eigenvalue weighted by atomic mass is 79.9. The molecule has 0 aliphatic carbocycles. The normalized spacial score (nSPS) is 10.3. The molecule has 1 heterocycles. The molecule has 0 spiro atoms. The van der Waals surface area contributed by atoms with E-state index in [0.29, 0.717) is 16.4 Å². The van der Waals surface area contributed by atoms with Gasteiger partial charge in [0.25, 0.3) is 0 Å². The molecule has 2 rings (SSSR count). The molecule has 19 heavy (non-hydrogen) atoms. The minimum atomic E-state index is -0.487. The van der Waals surface area contributed by atoms with E-state index in [1.165, 1.54) is 12.4 Å². The Morgan fingerprint density at radius 1 is 1.32 bits per heavy atom. The zero-order valence-electron chi connectivity index (χ0n) is 9.12. The second-order valence-electron chi connectivity index (χ2n) is 3.41. The van der Waals surface area contributed by atoms with Crippen LogP contribution in [0.15, 0.2) is 22.9 Å². The average molecular weight is 365 g/mol. The number of hydrogen-bond donors (Lipinski definition) is 1. The molecule has 4 nitrogen and oxygen atoms in total. The van der Waals surface area contributed by atoms with Gasteiger partial charge in [0.15, 0.2) is 6.29 Å². The SMILES string of the molecule is O=Cc1c(Cl)ncnc1Nc1c(Cl)cc(F)cc1Br. The number of carbonyl (C=O) groups is 1. The quantitative estimate of drug-likeness (QED) is 0.653. The highest BCUT2D eigenvalue weighted by Gasteiger charge is 2.13. The van der Waals surface area contributed by atoms with Crippen molar-refractivity contribution in [3.8, 4) is 0 Å². The van der Waals surface area contributed by atoms with E-state index in [4.69, 9.17) is 23.2 Å². The first-order valence-corrected chi connectivity index (χ1v) is 6.45. The van der Waals surface area contributed by atoms with E-state index < -0.39 is 5.82 Å². The Labute approximate surface area is 126 Å². The van der Waals surface area contributed by atoms with Crippen molar-refractivity contribution < 1.29 is 9.18 Å². The third-order valence-corrected chi connectivity index (χ3v) is 3.43. The Bertz CT molecular complexity index is 631. The van der Waals surface area contributed by atoms with Gasteiger partial charge in [0, 0.05) is 4.47 Å². The van der Waals surface area contributed by atoms with E-state index in [0.717, 1.165) is 6.07 Å². The fraction of sp³-hybridized carbons (Fsp3) is 0. The minimum Gasteiger partial charge on any atom is -0.337 e. The third kappa shape index (κ3) is 3.02. The molecule has 2 aromatic rings. The molecule has 8 heteroatoms. The maximum absolute atomic E-state index is 13.1. The monoisotopic (exact) mass is 363 g/mol. The molecule has 0 saturated heterocycles. The number of hydrogen-bond acceptors (Lipinski definition) is 4. The summed E-state index contributed by atoms with van der Waals surface area (Å²) in [6, 6.07) is 2.37. The smallest absolute Gasteiger partial charge is 0.156 e. The van der Waals surface area contributed by atoms with Crippen LogP contribution in [0, 0.1) is 5.82 Å². The van der Waals surface area contributed by atoms with Gasteiger partial charge in [-0.25, -0.2) is 14.4 Å². The summed E-state index contributed by atoms with van der Waals surface area (Å²) >= 11 is 14.9. The van der Waals surface area contributed by atoms with Crippen LogP contribution in [0.2, 0.25) is 10.2 Å². The van der Waals surface area contributed by atoms with Gasteiger partial charge >= 0.3 is 0 Å². The fourth-order valence-electron chi connectivity index (χ4n) is 1.36. The zero-order chi connectivity index (χ0) is 14.0. The van der Waals surface area contributed by atoms with Crippen LogP contribution in [0.5, 0.6) is 0 Å². The predicted molar refractivity (Wildman–Crippen MR) is 74.8 cm³/mol. The van der Waals surface area contributed by atoms with Gasteiger partial charge < -0.3 is 5.32 Å². The Morgan fingerprint density at radius 2 is 2.05 bits per heavy atom. The van der Waals surface area contributed by atoms with E-state index >= 15 is 0 Å². The van der Waals surface area contributed by atoms with Crippen molar-refractivity contribution in [2.45, 2.75) is 0 Å². The lowest BCUT2D eigenvalue weighted by atomic mass is 10.3. The Hall–Kier alpha value is -1.24. The third-order valence-electron chi connectivity index (χ3n) is 2.20. The van der Waals surface area contributed by atoms with Gasteiger partial charge in [-0.3, -0.25) is 4.79 Å². The molecule has 0 unspecified atom stereocenters. The number of halogens is 4. The first-order valence-electron chi connectivity index (χ1n) is 4.90. The van der Waals surface area contributed by atoms with Crippen molar-refractivity contribution in [2.75, 3.05) is 5.32 Å². The number of rotatable bonds is 3. The summed E-state index contributed by atoms with van der Waals surface area (Å²) in [4.78, 5) is 18.5. The summed E-state index contributed by atoms with van der Waals surface area (Å²) < 4.78 is 13.5. The topological polar surface area (TPSA) is 54.9 Å². The maximum atomic E-state index is 13.1. The van der Waals surface area contributed by atoms with Crippen molar-refractivity contribution in [3.05, 3.63) is 44.5 Å². The van der Waals surface area contributed by atoms with Crippen LogP contribution in [-0.2, 0) is 0 Å². The van der Waals surface area contributed by atoms with E-state index in [2.05, 4.69) is 31.2 Å². The van der Waals surface area contributed by atoms with Gasteiger partial charge in [0.05, 0.1) is 16.3 Å². The number of nitrogens with one attached hydrogen (secondary N) is 1. The number of carbonyl (C=O) groups excluding carboxylic acids is 1. The first-order chi connectivity index (χ1) is 9.02. The van der Waals surface area contributed by atoms with Gasteiger partial charge in [0.1, 0.15) is 23.1 Å². The molecule has 1 N–H and O–H groups in total. The summed E-state index contributed by atoms with van der Waals surface area (Å²) in [6.45, 7) is 0. The zero-order valence-corrected chi connectivity index (χ0v) is 12.2. The summed E-state index contributed by atoms with van der Waals surface area (Å²) in [6.07, 6.45) is 1.72. The summed E-state index contributed by atoms with van der Waals surface area (Å²) in [5, 5.41) is 2.97. The number of anilines is 2. The molecule has 0 aliphatic heterocycles. The van der Waals surface area contributed by atoms with E-state index in [9.17, 15) is 9.18 Å². The summed E-state index contributed by atoms with van der Waals surface area (Å²) in [5.74, 6) is -0.303. The molecule has 1 aromatic heterocycles. The van der Waals surface area contributed by atoms with Crippen LogP contribution in [0.25, 0.3) is 0 Å². The Balaban J connectivity index is 2.48. The van der Waals surface area contributed by atoms with Crippen LogP contribution in [0.1, 0.15) is 10.4 Å². The van der Waals surface area contributed by atoms with Crippen molar-refractivity contribution in [1.29, 1.82) is 0 Å². The van der Waals surface area contributed by atoms with E-state index in [-0.39, 0.29) is 21.6 Å². The van der Waals surface area contributed by atoms with Crippen LogP contribution in [-0.4, -0.2) is 16.3 Å². The highest BCUT2D eigenvalue weighted by molar-refractivity contribution is 9.10. The van der Waals surface area contributed by atoms with Crippen molar-refractivity contribution in [3.63, 3.8) is 0 Å². The van der Waals surface area contributed by atoms with Crippen LogP contribution in [0.4, 0.5) is 15.9 Å². The first kappa shape index (κ1) is 14.2. The van der Waals surface area contributed by atoms with Crippen LogP contribution >= 0.6 is 39.1 Å². The standard InChI is InChI=1S/C11H5BrCl2FN3O/c12-7-1-5(15)2-8(13)9(7)18-11-6(3-19)10(14)16-4-17-11/h1-4H,(H,16,17,18). The lowest BCUT2D eigenvalue weighted by molar-refractivity contribution is 0.112. The number of nitrogens with zero attached hydrogens (tertiary/aromatic N) is 2. The number of benzene rings is 1. The number of aldehydes is 1. The van der Waals surface area contributed by atoms with Crippen molar-refractivity contribution >= 4 is 56.9 Å². The van der Waals surface area contributed by atoms with Crippen LogP contribution < -0.4 is 5.32 Å². The minimum absolute atomic E-state index is 0.0156. The second kappa shape index (κ2) is 5.81. The molecule has 1 aromatic carbocycles. The highest BCUT2D eigenvalue weighted by Crippen LogP contribution is 2.34. The molecule has 0 radical (unpaired) electrons. The Kier molecular flexibility index (Phi) is 4.34.